The normalized spacial score (nSPS) is 30.2. The Morgan fingerprint density at radius 1 is 1.30 bits per heavy atom. The Morgan fingerprint density at radius 2 is 2.00 bits per heavy atom. The van der Waals surface area contributed by atoms with E-state index in [0.29, 0.717) is 11.8 Å². The van der Waals surface area contributed by atoms with Crippen molar-refractivity contribution >= 4 is 30.7 Å². The molecule has 20 heavy (non-hydrogen) atoms. The van der Waals surface area contributed by atoms with Gasteiger partial charge in [0, 0.05) is 32.1 Å². The average molecular weight is 326 g/mol. The third-order valence-electron chi connectivity index (χ3n) is 4.45. The molecule has 0 aromatic carbocycles. The van der Waals surface area contributed by atoms with E-state index in [4.69, 9.17) is 5.73 Å². The predicted molar refractivity (Wildman–Crippen MR) is 87.7 cm³/mol. The first kappa shape index (κ1) is 20.0. The topological polar surface area (TPSA) is 49.6 Å². The van der Waals surface area contributed by atoms with Gasteiger partial charge in [-0.2, -0.15) is 0 Å². The second-order valence-electron chi connectivity index (χ2n) is 6.26. The van der Waals surface area contributed by atoms with E-state index in [1.165, 1.54) is 19.4 Å². The summed E-state index contributed by atoms with van der Waals surface area (Å²) >= 11 is 0. The highest BCUT2D eigenvalue weighted by molar-refractivity contribution is 5.85. The molecule has 0 radical (unpaired) electrons. The molecule has 1 saturated heterocycles. The van der Waals surface area contributed by atoms with Crippen molar-refractivity contribution in [2.75, 3.05) is 33.7 Å². The van der Waals surface area contributed by atoms with Gasteiger partial charge in [0.15, 0.2) is 0 Å². The zero-order valence-corrected chi connectivity index (χ0v) is 14.2. The molecule has 0 spiro atoms. The lowest BCUT2D eigenvalue weighted by Gasteiger charge is -2.33. The number of carbonyl (C=O) groups is 1. The summed E-state index contributed by atoms with van der Waals surface area (Å²) in [5.41, 5.74) is 5.89. The molecule has 0 bridgehead atoms. The molecule has 3 atom stereocenters. The largest absolute Gasteiger partial charge is 0.345 e. The maximum Gasteiger partial charge on any atom is 0.225 e. The van der Waals surface area contributed by atoms with Crippen LogP contribution in [0.2, 0.25) is 0 Å². The van der Waals surface area contributed by atoms with Crippen molar-refractivity contribution in [3.05, 3.63) is 0 Å². The summed E-state index contributed by atoms with van der Waals surface area (Å²) in [5.74, 6) is 1.15. The van der Waals surface area contributed by atoms with Crippen molar-refractivity contribution in [2.24, 2.45) is 17.6 Å². The van der Waals surface area contributed by atoms with Crippen LogP contribution in [0.5, 0.6) is 0 Å². The van der Waals surface area contributed by atoms with Crippen molar-refractivity contribution in [3.8, 4) is 0 Å². The van der Waals surface area contributed by atoms with Gasteiger partial charge in [0.2, 0.25) is 5.91 Å². The first-order valence-electron chi connectivity index (χ1n) is 7.25. The van der Waals surface area contributed by atoms with E-state index in [2.05, 4.69) is 11.9 Å². The smallest absolute Gasteiger partial charge is 0.225 e. The van der Waals surface area contributed by atoms with E-state index >= 15 is 0 Å². The van der Waals surface area contributed by atoms with Crippen molar-refractivity contribution in [2.45, 2.75) is 38.1 Å². The summed E-state index contributed by atoms with van der Waals surface area (Å²) in [6, 6.07) is 0.244. The molecule has 6 heteroatoms. The van der Waals surface area contributed by atoms with Crippen molar-refractivity contribution in [1.29, 1.82) is 0 Å². The number of halogens is 2. The van der Waals surface area contributed by atoms with E-state index in [0.717, 1.165) is 32.4 Å². The number of amides is 1. The number of piperidine rings is 1. The van der Waals surface area contributed by atoms with Crippen LogP contribution >= 0.6 is 24.8 Å². The Hall–Kier alpha value is -0.0300. The SMILES string of the molecule is CN1CCCC(CN(C)C(=O)C2CCC(N)C2)C1.Cl.Cl. The highest BCUT2D eigenvalue weighted by Crippen LogP contribution is 2.26. The van der Waals surface area contributed by atoms with Crippen molar-refractivity contribution in [1.82, 2.24) is 9.80 Å². The predicted octanol–water partition coefficient (Wildman–Crippen LogP) is 1.76. The maximum atomic E-state index is 12.3. The number of likely N-dealkylation sites (tertiary alicyclic amines) is 1. The van der Waals surface area contributed by atoms with Gasteiger partial charge in [0.1, 0.15) is 0 Å². The molecule has 1 heterocycles. The van der Waals surface area contributed by atoms with Gasteiger partial charge in [0.05, 0.1) is 0 Å². The molecule has 4 nitrogen and oxygen atoms in total. The molecule has 1 aliphatic heterocycles. The molecule has 2 N–H and O–H groups in total. The van der Waals surface area contributed by atoms with Crippen LogP contribution in [0.4, 0.5) is 0 Å². The first-order chi connectivity index (χ1) is 8.56. The van der Waals surface area contributed by atoms with Gasteiger partial charge >= 0.3 is 0 Å². The van der Waals surface area contributed by atoms with Crippen LogP contribution in [0.25, 0.3) is 0 Å². The molecule has 1 saturated carbocycles. The molecule has 0 aromatic rings. The molecule has 2 aliphatic rings. The molecular formula is C14H29Cl2N3O. The standard InChI is InChI=1S/C14H27N3O.2ClH/c1-16-7-3-4-11(9-16)10-17(2)14(18)12-5-6-13(15)8-12;;/h11-13H,3-10,15H2,1-2H3;2*1H. The maximum absolute atomic E-state index is 12.3. The van der Waals surface area contributed by atoms with Crippen LogP contribution in [0.1, 0.15) is 32.1 Å². The number of rotatable bonds is 3. The van der Waals surface area contributed by atoms with Crippen LogP contribution in [-0.2, 0) is 4.79 Å². The average Bonchev–Trinajstić information content (AvgIpc) is 2.75. The quantitative estimate of drug-likeness (QED) is 0.860. The molecule has 0 aromatic heterocycles. The van der Waals surface area contributed by atoms with Crippen LogP contribution in [-0.4, -0.2) is 55.5 Å². The summed E-state index contributed by atoms with van der Waals surface area (Å²) < 4.78 is 0. The van der Waals surface area contributed by atoms with Gasteiger partial charge in [-0.1, -0.05) is 0 Å². The lowest BCUT2D eigenvalue weighted by Crippen LogP contribution is -2.41. The molecule has 1 amide bonds. The third kappa shape index (κ3) is 5.40. The second-order valence-corrected chi connectivity index (χ2v) is 6.26. The Balaban J connectivity index is 0.00000180. The molecule has 2 rings (SSSR count). The number of nitrogens with zero attached hydrogens (tertiary/aromatic N) is 2. The van der Waals surface area contributed by atoms with E-state index in [1.807, 2.05) is 11.9 Å². The Bertz CT molecular complexity index is 304. The lowest BCUT2D eigenvalue weighted by atomic mass is 9.97. The zero-order valence-electron chi connectivity index (χ0n) is 12.6. The van der Waals surface area contributed by atoms with Gasteiger partial charge < -0.3 is 15.5 Å². The fraction of sp³-hybridized carbons (Fsp3) is 0.929. The van der Waals surface area contributed by atoms with E-state index in [1.54, 1.807) is 0 Å². The van der Waals surface area contributed by atoms with Gasteiger partial charge in [0.25, 0.3) is 0 Å². The van der Waals surface area contributed by atoms with Crippen LogP contribution in [0.3, 0.4) is 0 Å². The Labute approximate surface area is 135 Å². The summed E-state index contributed by atoms with van der Waals surface area (Å²) in [6.07, 6.45) is 5.39. The number of hydrogen-bond donors (Lipinski definition) is 1. The summed E-state index contributed by atoms with van der Waals surface area (Å²) in [7, 11) is 4.13. The Morgan fingerprint density at radius 3 is 2.55 bits per heavy atom. The fourth-order valence-electron chi connectivity index (χ4n) is 3.45. The minimum Gasteiger partial charge on any atom is -0.345 e. The highest BCUT2D eigenvalue weighted by atomic mass is 35.5. The van der Waals surface area contributed by atoms with E-state index in [-0.39, 0.29) is 36.8 Å². The summed E-state index contributed by atoms with van der Waals surface area (Å²) in [4.78, 5) is 16.6. The van der Waals surface area contributed by atoms with E-state index in [9.17, 15) is 4.79 Å². The summed E-state index contributed by atoms with van der Waals surface area (Å²) in [6.45, 7) is 3.24. The monoisotopic (exact) mass is 325 g/mol. The molecule has 2 fully saturated rings. The summed E-state index contributed by atoms with van der Waals surface area (Å²) in [5, 5.41) is 0. The highest BCUT2D eigenvalue weighted by Gasteiger charge is 2.30. The van der Waals surface area contributed by atoms with Crippen LogP contribution in [0.15, 0.2) is 0 Å². The molecule has 3 unspecified atom stereocenters. The minimum atomic E-state index is 0. The number of hydrogen-bond acceptors (Lipinski definition) is 3. The minimum absolute atomic E-state index is 0. The van der Waals surface area contributed by atoms with E-state index < -0.39 is 0 Å². The zero-order chi connectivity index (χ0) is 13.1. The third-order valence-corrected chi connectivity index (χ3v) is 4.45. The lowest BCUT2D eigenvalue weighted by molar-refractivity contribution is -0.134. The second kappa shape index (κ2) is 9.08. The van der Waals surface area contributed by atoms with Crippen LogP contribution < -0.4 is 5.73 Å². The molecule has 1 aliphatic carbocycles. The van der Waals surface area contributed by atoms with Crippen molar-refractivity contribution in [3.63, 3.8) is 0 Å². The fourth-order valence-corrected chi connectivity index (χ4v) is 3.45. The van der Waals surface area contributed by atoms with Crippen LogP contribution in [0, 0.1) is 11.8 Å². The molecule has 120 valence electrons. The number of carbonyl (C=O) groups excluding carboxylic acids is 1. The van der Waals surface area contributed by atoms with Gasteiger partial charge in [-0.05, 0) is 51.6 Å². The van der Waals surface area contributed by atoms with Gasteiger partial charge in [-0.3, -0.25) is 4.79 Å². The number of nitrogens with two attached hydrogens (primary N) is 1. The van der Waals surface area contributed by atoms with Gasteiger partial charge in [-0.25, -0.2) is 0 Å². The van der Waals surface area contributed by atoms with Crippen molar-refractivity contribution < 1.29 is 4.79 Å². The first-order valence-corrected chi connectivity index (χ1v) is 7.25. The van der Waals surface area contributed by atoms with Gasteiger partial charge in [-0.15, -0.1) is 24.8 Å². The Kier molecular flexibility index (Phi) is 9.07. The molecular weight excluding hydrogens is 297 g/mol.